The third-order valence-corrected chi connectivity index (χ3v) is 5.12. The quantitative estimate of drug-likeness (QED) is 0.814. The average Bonchev–Trinajstić information content (AvgIpc) is 2.32. The Kier molecular flexibility index (Phi) is 5.54. The number of rotatable bonds is 5. The Balaban J connectivity index is 2.69. The smallest absolute Gasteiger partial charge is 0.237 e. The number of amides is 1. The van der Waals surface area contributed by atoms with Crippen LogP contribution in [-0.4, -0.2) is 21.1 Å². The fourth-order valence-electron chi connectivity index (χ4n) is 1.60. The monoisotopic (exact) mass is 282 g/mol. The van der Waals surface area contributed by atoms with Gasteiger partial charge in [-0.05, 0) is 24.5 Å². The molecule has 2 unspecified atom stereocenters. The summed E-state index contributed by atoms with van der Waals surface area (Å²) >= 11 is 0. The topological polar surface area (TPSA) is 72.2 Å². The minimum absolute atomic E-state index is 0.0000303. The third-order valence-electron chi connectivity index (χ3n) is 3.20. The van der Waals surface area contributed by atoms with Crippen molar-refractivity contribution in [2.45, 2.75) is 32.9 Å². The van der Waals surface area contributed by atoms with Crippen LogP contribution in [0.4, 0.5) is 11.4 Å². The lowest BCUT2D eigenvalue weighted by Gasteiger charge is -2.15. The minimum Gasteiger partial charge on any atom is -0.397 e. The molecule has 4 nitrogen and oxygen atoms in total. The maximum atomic E-state index is 12.0. The summed E-state index contributed by atoms with van der Waals surface area (Å²) in [7, 11) is -1.16. The Bertz CT molecular complexity index is 466. The van der Waals surface area contributed by atoms with E-state index in [-0.39, 0.29) is 22.8 Å². The molecule has 0 aromatic heterocycles. The summed E-state index contributed by atoms with van der Waals surface area (Å²) in [6, 6.07) is 5.44. The number of carbonyl (C=O) groups is 1. The molecule has 1 amide bonds. The Morgan fingerprint density at radius 3 is 2.53 bits per heavy atom. The summed E-state index contributed by atoms with van der Waals surface area (Å²) in [5.74, 6) is 0.0385. The van der Waals surface area contributed by atoms with E-state index in [2.05, 4.69) is 5.32 Å². The molecule has 0 saturated carbocycles. The van der Waals surface area contributed by atoms with Crippen LogP contribution in [0.2, 0.25) is 0 Å². The van der Waals surface area contributed by atoms with E-state index in [1.165, 1.54) is 0 Å². The molecule has 0 fully saturated rings. The van der Waals surface area contributed by atoms with Gasteiger partial charge in [0, 0.05) is 16.0 Å². The lowest BCUT2D eigenvalue weighted by atomic mass is 10.1. The van der Waals surface area contributed by atoms with Crippen LogP contribution in [0.15, 0.2) is 18.2 Å². The van der Waals surface area contributed by atoms with Crippen LogP contribution in [0, 0.1) is 12.8 Å². The largest absolute Gasteiger partial charge is 0.397 e. The number of aryl methyl sites for hydroxylation is 1. The van der Waals surface area contributed by atoms with Gasteiger partial charge in [-0.25, -0.2) is 0 Å². The maximum absolute atomic E-state index is 12.0. The molecule has 1 rings (SSSR count). The van der Waals surface area contributed by atoms with Crippen molar-refractivity contribution in [3.8, 4) is 0 Å². The molecule has 0 aliphatic rings. The molecule has 0 spiro atoms. The van der Waals surface area contributed by atoms with Crippen molar-refractivity contribution < 1.29 is 9.00 Å². The van der Waals surface area contributed by atoms with Gasteiger partial charge < -0.3 is 11.1 Å². The average molecular weight is 282 g/mol. The van der Waals surface area contributed by atoms with Gasteiger partial charge in [0.25, 0.3) is 0 Å². The lowest BCUT2D eigenvalue weighted by molar-refractivity contribution is -0.113. The van der Waals surface area contributed by atoms with Crippen molar-refractivity contribution in [3.05, 3.63) is 23.8 Å². The molecule has 0 heterocycles. The Morgan fingerprint density at radius 2 is 2.00 bits per heavy atom. The molecule has 106 valence electrons. The van der Waals surface area contributed by atoms with Crippen molar-refractivity contribution in [3.63, 3.8) is 0 Å². The van der Waals surface area contributed by atoms with Gasteiger partial charge in [0.1, 0.15) is 5.75 Å². The molecular weight excluding hydrogens is 260 g/mol. The standard InChI is InChI=1S/C14H22N2O2S/c1-9(2)11(4)19(18)8-13(17)16-14-10(3)6-5-7-12(14)15/h5-7,9,11H,8,15H2,1-4H3,(H,16,17). The van der Waals surface area contributed by atoms with Gasteiger partial charge in [0.15, 0.2) is 0 Å². The predicted octanol–water partition coefficient (Wildman–Crippen LogP) is 2.31. The molecule has 0 radical (unpaired) electrons. The number of nitrogens with one attached hydrogen (secondary N) is 1. The number of hydrogen-bond donors (Lipinski definition) is 2. The highest BCUT2D eigenvalue weighted by Gasteiger charge is 2.18. The van der Waals surface area contributed by atoms with Crippen LogP contribution < -0.4 is 11.1 Å². The SMILES string of the molecule is Cc1cccc(N)c1NC(=O)CS(=O)C(C)C(C)C. The molecule has 0 saturated heterocycles. The van der Waals surface area contributed by atoms with Crippen LogP contribution in [0.5, 0.6) is 0 Å². The van der Waals surface area contributed by atoms with E-state index in [4.69, 9.17) is 5.73 Å². The summed E-state index contributed by atoms with van der Waals surface area (Å²) in [5.41, 5.74) is 7.85. The van der Waals surface area contributed by atoms with Gasteiger partial charge in [0.05, 0.1) is 11.4 Å². The zero-order valence-electron chi connectivity index (χ0n) is 11.9. The van der Waals surface area contributed by atoms with Crippen molar-refractivity contribution in [2.75, 3.05) is 16.8 Å². The Morgan fingerprint density at radius 1 is 1.37 bits per heavy atom. The number of carbonyl (C=O) groups excluding carboxylic acids is 1. The third kappa shape index (κ3) is 4.35. The molecular formula is C14H22N2O2S. The highest BCUT2D eigenvalue weighted by atomic mass is 32.2. The zero-order valence-corrected chi connectivity index (χ0v) is 12.7. The first-order chi connectivity index (χ1) is 8.82. The van der Waals surface area contributed by atoms with E-state index in [1.807, 2.05) is 39.8 Å². The highest BCUT2D eigenvalue weighted by molar-refractivity contribution is 7.86. The van der Waals surface area contributed by atoms with Crippen LogP contribution in [0.3, 0.4) is 0 Å². The maximum Gasteiger partial charge on any atom is 0.237 e. The van der Waals surface area contributed by atoms with Gasteiger partial charge in [-0.15, -0.1) is 0 Å². The van der Waals surface area contributed by atoms with Crippen LogP contribution in [0.25, 0.3) is 0 Å². The second kappa shape index (κ2) is 6.70. The molecule has 1 aromatic carbocycles. The summed E-state index contributed by atoms with van der Waals surface area (Å²) in [6.07, 6.45) is 0. The molecule has 3 N–H and O–H groups in total. The fraction of sp³-hybridized carbons (Fsp3) is 0.500. The summed E-state index contributed by atoms with van der Waals surface area (Å²) in [6.45, 7) is 7.77. The second-order valence-corrected chi connectivity index (χ2v) is 6.86. The molecule has 1 aromatic rings. The van der Waals surface area contributed by atoms with E-state index >= 15 is 0 Å². The number of anilines is 2. The minimum atomic E-state index is -1.16. The first kappa shape index (κ1) is 15.7. The summed E-state index contributed by atoms with van der Waals surface area (Å²) in [4.78, 5) is 11.9. The highest BCUT2D eigenvalue weighted by Crippen LogP contribution is 2.22. The molecule has 2 atom stereocenters. The molecule has 19 heavy (non-hydrogen) atoms. The number of para-hydroxylation sites is 1. The number of hydrogen-bond acceptors (Lipinski definition) is 3. The van der Waals surface area contributed by atoms with Crippen molar-refractivity contribution in [1.82, 2.24) is 0 Å². The van der Waals surface area contributed by atoms with Crippen LogP contribution in [-0.2, 0) is 15.6 Å². The van der Waals surface area contributed by atoms with Gasteiger partial charge in [-0.3, -0.25) is 9.00 Å². The van der Waals surface area contributed by atoms with E-state index < -0.39 is 10.8 Å². The van der Waals surface area contributed by atoms with Gasteiger partial charge in [-0.1, -0.05) is 32.9 Å². The second-order valence-electron chi connectivity index (χ2n) is 5.06. The van der Waals surface area contributed by atoms with Crippen LogP contribution in [0.1, 0.15) is 26.3 Å². The van der Waals surface area contributed by atoms with Crippen molar-refractivity contribution >= 4 is 28.1 Å². The normalized spacial score (nSPS) is 14.2. The Labute approximate surface area is 117 Å². The lowest BCUT2D eigenvalue weighted by Crippen LogP contribution is -2.27. The molecule has 0 aliphatic heterocycles. The molecule has 0 aliphatic carbocycles. The van der Waals surface area contributed by atoms with E-state index in [0.717, 1.165) is 5.56 Å². The fourth-order valence-corrected chi connectivity index (χ4v) is 2.80. The van der Waals surface area contributed by atoms with E-state index in [1.54, 1.807) is 6.07 Å². The van der Waals surface area contributed by atoms with Gasteiger partial charge in [0.2, 0.25) is 5.91 Å². The van der Waals surface area contributed by atoms with Crippen molar-refractivity contribution in [2.24, 2.45) is 5.92 Å². The van der Waals surface area contributed by atoms with E-state index in [9.17, 15) is 9.00 Å². The summed E-state index contributed by atoms with van der Waals surface area (Å²) < 4.78 is 12.0. The van der Waals surface area contributed by atoms with Crippen LogP contribution >= 0.6 is 0 Å². The first-order valence-corrected chi connectivity index (χ1v) is 7.73. The van der Waals surface area contributed by atoms with Gasteiger partial charge >= 0.3 is 0 Å². The number of nitrogens with two attached hydrogens (primary N) is 1. The van der Waals surface area contributed by atoms with E-state index in [0.29, 0.717) is 11.4 Å². The Hall–Kier alpha value is -1.36. The number of benzene rings is 1. The van der Waals surface area contributed by atoms with Crippen molar-refractivity contribution in [1.29, 1.82) is 0 Å². The molecule has 0 bridgehead atoms. The van der Waals surface area contributed by atoms with Gasteiger partial charge in [-0.2, -0.15) is 0 Å². The zero-order chi connectivity index (χ0) is 14.6. The summed E-state index contributed by atoms with van der Waals surface area (Å²) in [5, 5.41) is 2.75. The first-order valence-electron chi connectivity index (χ1n) is 6.35. The predicted molar refractivity (Wildman–Crippen MR) is 81.5 cm³/mol. The number of nitrogen functional groups attached to an aromatic ring is 1. The molecule has 5 heteroatoms.